The molecule has 1 aliphatic heterocycles. The number of nitrogens with one attached hydrogen (secondary N) is 1. The zero-order valence-corrected chi connectivity index (χ0v) is 15.4. The monoisotopic (exact) mass is 374 g/mol. The van der Waals surface area contributed by atoms with Crippen molar-refractivity contribution in [1.29, 1.82) is 0 Å². The molecule has 2 aromatic rings. The number of halogens is 1. The topological polar surface area (TPSA) is 45.2 Å². The third-order valence-corrected chi connectivity index (χ3v) is 5.46. The van der Waals surface area contributed by atoms with Gasteiger partial charge in [0, 0.05) is 40.9 Å². The van der Waals surface area contributed by atoms with E-state index in [9.17, 15) is 5.11 Å². The molecule has 1 fully saturated rings. The quantitative estimate of drug-likeness (QED) is 0.854. The largest absolute Gasteiger partial charge is 0.380 e. The Bertz CT molecular complexity index is 695. The molecule has 4 heteroatoms. The van der Waals surface area contributed by atoms with Crippen LogP contribution in [-0.4, -0.2) is 23.2 Å². The van der Waals surface area contributed by atoms with Gasteiger partial charge < -0.3 is 10.4 Å². The predicted molar refractivity (Wildman–Crippen MR) is 96.4 cm³/mol. The Hall–Kier alpha value is -1.23. The zero-order chi connectivity index (χ0) is 16.7. The molecular weight excluding hydrogens is 352 g/mol. The molecule has 0 aliphatic carbocycles. The molecule has 1 aliphatic rings. The lowest BCUT2D eigenvalue weighted by Crippen LogP contribution is -2.63. The van der Waals surface area contributed by atoms with Gasteiger partial charge in [0.25, 0.3) is 0 Å². The molecule has 1 atom stereocenters. The van der Waals surface area contributed by atoms with Crippen LogP contribution in [0.4, 0.5) is 0 Å². The van der Waals surface area contributed by atoms with Crippen LogP contribution in [0.15, 0.2) is 47.2 Å². The van der Waals surface area contributed by atoms with Gasteiger partial charge in [0.05, 0.1) is 0 Å². The predicted octanol–water partition coefficient (Wildman–Crippen LogP) is 3.81. The number of rotatable bonds is 4. The Kier molecular flexibility index (Phi) is 4.34. The number of benzene rings is 1. The van der Waals surface area contributed by atoms with Crippen LogP contribution in [-0.2, 0) is 5.60 Å². The Balaban J connectivity index is 2.12. The minimum absolute atomic E-state index is 0.255. The van der Waals surface area contributed by atoms with Crippen molar-refractivity contribution in [3.63, 3.8) is 0 Å². The van der Waals surface area contributed by atoms with Gasteiger partial charge >= 0.3 is 0 Å². The van der Waals surface area contributed by atoms with Crippen molar-refractivity contribution in [2.45, 2.75) is 32.3 Å². The van der Waals surface area contributed by atoms with Crippen molar-refractivity contribution in [3.05, 3.63) is 63.9 Å². The lowest BCUT2D eigenvalue weighted by Gasteiger charge is -2.52. The average Bonchev–Trinajstić information content (AvgIpc) is 2.52. The van der Waals surface area contributed by atoms with E-state index in [4.69, 9.17) is 0 Å². The Morgan fingerprint density at radius 1 is 1.17 bits per heavy atom. The summed E-state index contributed by atoms with van der Waals surface area (Å²) in [6.45, 7) is 8.04. The number of nitrogens with zero attached hydrogens (tertiary/aromatic N) is 1. The fourth-order valence-corrected chi connectivity index (χ4v) is 3.70. The SMILES string of the molecule is CC(C)c1ccc(C(O)(c2cncc(Br)c2)C2(C)CNC2)cc1. The standard InChI is InChI=1S/C19H23BrN2O/c1-13(2)14-4-6-15(7-5-14)19(23,18(3)11-22-12-18)16-8-17(20)10-21-9-16/h4-10,13,22-23H,11-12H2,1-3H3. The van der Waals surface area contributed by atoms with E-state index in [-0.39, 0.29) is 5.41 Å². The van der Waals surface area contributed by atoms with E-state index in [0.717, 1.165) is 28.7 Å². The second kappa shape index (κ2) is 6.00. The number of pyridine rings is 1. The minimum atomic E-state index is -1.06. The number of hydrogen-bond donors (Lipinski definition) is 2. The maximum Gasteiger partial charge on any atom is 0.124 e. The molecule has 0 radical (unpaired) electrons. The number of aromatic nitrogens is 1. The van der Waals surface area contributed by atoms with Gasteiger partial charge in [-0.15, -0.1) is 0 Å². The molecule has 3 nitrogen and oxygen atoms in total. The van der Waals surface area contributed by atoms with E-state index in [1.54, 1.807) is 12.4 Å². The van der Waals surface area contributed by atoms with Crippen molar-refractivity contribution in [2.24, 2.45) is 5.41 Å². The summed E-state index contributed by atoms with van der Waals surface area (Å²) in [5, 5.41) is 15.1. The van der Waals surface area contributed by atoms with Crippen LogP contribution in [0.5, 0.6) is 0 Å². The maximum absolute atomic E-state index is 11.8. The smallest absolute Gasteiger partial charge is 0.124 e. The van der Waals surface area contributed by atoms with Crippen LogP contribution < -0.4 is 5.32 Å². The number of hydrogen-bond acceptors (Lipinski definition) is 3. The molecule has 1 aromatic heterocycles. The van der Waals surface area contributed by atoms with Crippen LogP contribution in [0.1, 0.15) is 43.4 Å². The molecular formula is C19H23BrN2O. The summed E-state index contributed by atoms with van der Waals surface area (Å²) in [5.74, 6) is 0.477. The second-order valence-corrected chi connectivity index (χ2v) is 7.96. The van der Waals surface area contributed by atoms with Crippen LogP contribution >= 0.6 is 15.9 Å². The van der Waals surface area contributed by atoms with Gasteiger partial charge in [-0.05, 0) is 39.0 Å². The first-order valence-electron chi connectivity index (χ1n) is 8.01. The molecule has 0 amide bonds. The van der Waals surface area contributed by atoms with Crippen molar-refractivity contribution in [2.75, 3.05) is 13.1 Å². The fraction of sp³-hybridized carbons (Fsp3) is 0.421. The molecule has 1 unspecified atom stereocenters. The normalized spacial score (nSPS) is 19.2. The summed E-state index contributed by atoms with van der Waals surface area (Å²) in [6, 6.07) is 10.3. The molecule has 122 valence electrons. The van der Waals surface area contributed by atoms with E-state index in [2.05, 4.69) is 71.3 Å². The molecule has 23 heavy (non-hydrogen) atoms. The molecule has 0 bridgehead atoms. The summed E-state index contributed by atoms with van der Waals surface area (Å²) in [5.41, 5.74) is 1.71. The van der Waals surface area contributed by atoms with E-state index in [1.165, 1.54) is 5.56 Å². The summed E-state index contributed by atoms with van der Waals surface area (Å²) in [6.07, 6.45) is 3.51. The third-order valence-electron chi connectivity index (χ3n) is 5.02. The highest BCUT2D eigenvalue weighted by molar-refractivity contribution is 9.10. The third kappa shape index (κ3) is 2.73. The van der Waals surface area contributed by atoms with Gasteiger partial charge in [0.2, 0.25) is 0 Å². The van der Waals surface area contributed by atoms with Gasteiger partial charge in [-0.2, -0.15) is 0 Å². The van der Waals surface area contributed by atoms with E-state index >= 15 is 0 Å². The lowest BCUT2D eigenvalue weighted by molar-refractivity contribution is -0.0770. The van der Waals surface area contributed by atoms with Crippen LogP contribution in [0, 0.1) is 5.41 Å². The summed E-state index contributed by atoms with van der Waals surface area (Å²) in [4.78, 5) is 4.27. The summed E-state index contributed by atoms with van der Waals surface area (Å²) < 4.78 is 0.878. The van der Waals surface area contributed by atoms with Crippen LogP contribution in [0.25, 0.3) is 0 Å². The fourth-order valence-electron chi connectivity index (χ4n) is 3.34. The Labute approximate surface area is 146 Å². The van der Waals surface area contributed by atoms with Crippen molar-refractivity contribution in [3.8, 4) is 0 Å². The van der Waals surface area contributed by atoms with E-state index in [0.29, 0.717) is 5.92 Å². The maximum atomic E-state index is 11.8. The van der Waals surface area contributed by atoms with Gasteiger partial charge in [-0.3, -0.25) is 4.98 Å². The summed E-state index contributed by atoms with van der Waals surface area (Å²) in [7, 11) is 0. The lowest BCUT2D eigenvalue weighted by atomic mass is 9.63. The van der Waals surface area contributed by atoms with Gasteiger partial charge in [-0.25, -0.2) is 0 Å². The van der Waals surface area contributed by atoms with Gasteiger partial charge in [0.15, 0.2) is 0 Å². The highest BCUT2D eigenvalue weighted by Crippen LogP contribution is 2.47. The highest BCUT2D eigenvalue weighted by Gasteiger charge is 2.53. The highest BCUT2D eigenvalue weighted by atomic mass is 79.9. The molecule has 2 N–H and O–H groups in total. The Morgan fingerprint density at radius 2 is 1.83 bits per heavy atom. The van der Waals surface area contributed by atoms with Crippen molar-refractivity contribution < 1.29 is 5.11 Å². The molecule has 0 saturated carbocycles. The van der Waals surface area contributed by atoms with E-state index < -0.39 is 5.60 Å². The van der Waals surface area contributed by atoms with Crippen LogP contribution in [0.2, 0.25) is 0 Å². The molecule has 1 aromatic carbocycles. The molecule has 0 spiro atoms. The van der Waals surface area contributed by atoms with E-state index in [1.807, 2.05) is 6.07 Å². The van der Waals surface area contributed by atoms with Gasteiger partial charge in [-0.1, -0.05) is 45.0 Å². The first-order chi connectivity index (χ1) is 10.9. The number of aliphatic hydroxyl groups is 1. The van der Waals surface area contributed by atoms with Crippen molar-refractivity contribution >= 4 is 15.9 Å². The summed E-state index contributed by atoms with van der Waals surface area (Å²) >= 11 is 3.48. The second-order valence-electron chi connectivity index (χ2n) is 7.04. The molecule has 3 rings (SSSR count). The Morgan fingerprint density at radius 3 is 2.30 bits per heavy atom. The average molecular weight is 375 g/mol. The zero-order valence-electron chi connectivity index (χ0n) is 13.8. The molecule has 1 saturated heterocycles. The first kappa shape index (κ1) is 16.6. The first-order valence-corrected chi connectivity index (χ1v) is 8.81. The van der Waals surface area contributed by atoms with Crippen LogP contribution in [0.3, 0.4) is 0 Å². The molecule has 2 heterocycles. The van der Waals surface area contributed by atoms with Crippen molar-refractivity contribution in [1.82, 2.24) is 10.3 Å². The van der Waals surface area contributed by atoms with Gasteiger partial charge in [0.1, 0.15) is 5.60 Å². The minimum Gasteiger partial charge on any atom is -0.380 e.